The second kappa shape index (κ2) is 9.24. The summed E-state index contributed by atoms with van der Waals surface area (Å²) in [5.41, 5.74) is 1.18. The zero-order valence-corrected chi connectivity index (χ0v) is 17.1. The molecule has 3 aliphatic heterocycles. The number of fused-ring (bicyclic) bond motifs is 1. The summed E-state index contributed by atoms with van der Waals surface area (Å²) in [6.07, 6.45) is 0. The summed E-state index contributed by atoms with van der Waals surface area (Å²) in [6, 6.07) is 10.4. The van der Waals surface area contributed by atoms with Crippen molar-refractivity contribution in [2.75, 3.05) is 59.2 Å². The highest BCUT2D eigenvalue weighted by atomic mass is 16.5. The summed E-state index contributed by atoms with van der Waals surface area (Å²) in [6.45, 7) is 8.10. The van der Waals surface area contributed by atoms with Gasteiger partial charge in [-0.3, -0.25) is 9.59 Å². The van der Waals surface area contributed by atoms with Gasteiger partial charge in [-0.05, 0) is 11.5 Å². The standard InChI is InChI=1S/C22H31N3O4/c1-16(26)23-9-21(27)25-12-19-11-24(10-17-14-28-7-8-29-15-17)13-20(19)22(25)18-5-3-2-4-6-18/h2-6,17,19-20,22H,7-15H2,1H3,(H,23,26)/t19-,20-,22-/m0/s1. The minimum Gasteiger partial charge on any atom is -0.379 e. The van der Waals surface area contributed by atoms with Crippen LogP contribution in [0, 0.1) is 17.8 Å². The third-order valence-electron chi connectivity index (χ3n) is 6.29. The number of amides is 2. The lowest BCUT2D eigenvalue weighted by Crippen LogP contribution is -2.42. The molecular weight excluding hydrogens is 370 g/mol. The first-order valence-electron chi connectivity index (χ1n) is 10.6. The molecule has 4 rings (SSSR count). The van der Waals surface area contributed by atoms with Crippen LogP contribution in [0.15, 0.2) is 30.3 Å². The minimum absolute atomic E-state index is 0.000529. The van der Waals surface area contributed by atoms with Crippen molar-refractivity contribution in [2.24, 2.45) is 17.8 Å². The van der Waals surface area contributed by atoms with Crippen LogP contribution in [0.2, 0.25) is 0 Å². The Labute approximate surface area is 172 Å². The molecule has 1 aromatic carbocycles. The van der Waals surface area contributed by atoms with Gasteiger partial charge in [0.05, 0.1) is 39.0 Å². The van der Waals surface area contributed by atoms with Gasteiger partial charge in [0.25, 0.3) is 0 Å². The monoisotopic (exact) mass is 401 g/mol. The maximum atomic E-state index is 12.9. The fraction of sp³-hybridized carbons (Fsp3) is 0.636. The highest BCUT2D eigenvalue weighted by Gasteiger charge is 2.49. The van der Waals surface area contributed by atoms with Crippen molar-refractivity contribution < 1.29 is 19.1 Å². The highest BCUT2D eigenvalue weighted by Crippen LogP contribution is 2.45. The van der Waals surface area contributed by atoms with Gasteiger partial charge < -0.3 is 24.6 Å². The van der Waals surface area contributed by atoms with E-state index in [1.807, 2.05) is 23.1 Å². The van der Waals surface area contributed by atoms with Gasteiger partial charge >= 0.3 is 0 Å². The zero-order valence-electron chi connectivity index (χ0n) is 17.1. The summed E-state index contributed by atoms with van der Waals surface area (Å²) >= 11 is 0. The van der Waals surface area contributed by atoms with Crippen LogP contribution in [-0.2, 0) is 19.1 Å². The number of carbonyl (C=O) groups is 2. The van der Waals surface area contributed by atoms with Crippen molar-refractivity contribution in [3.8, 4) is 0 Å². The van der Waals surface area contributed by atoms with Crippen molar-refractivity contribution in [1.82, 2.24) is 15.1 Å². The molecule has 0 bridgehead atoms. The van der Waals surface area contributed by atoms with E-state index in [0.717, 1.165) is 39.4 Å². The molecule has 3 heterocycles. The third kappa shape index (κ3) is 4.79. The van der Waals surface area contributed by atoms with E-state index >= 15 is 0 Å². The Kier molecular flexibility index (Phi) is 6.47. The Morgan fingerprint density at radius 2 is 1.79 bits per heavy atom. The SMILES string of the molecule is CC(=O)NCC(=O)N1C[C@@H]2CN(CC3COCCOC3)C[C@@H]2[C@@H]1c1ccccc1. The number of nitrogens with zero attached hydrogens (tertiary/aromatic N) is 2. The van der Waals surface area contributed by atoms with Crippen LogP contribution in [0.1, 0.15) is 18.5 Å². The quantitative estimate of drug-likeness (QED) is 0.794. The number of rotatable bonds is 5. The molecule has 1 N–H and O–H groups in total. The second-order valence-electron chi connectivity index (χ2n) is 8.47. The number of carbonyl (C=O) groups excluding carboxylic acids is 2. The molecule has 2 amide bonds. The third-order valence-corrected chi connectivity index (χ3v) is 6.29. The predicted octanol–water partition coefficient (Wildman–Crippen LogP) is 0.917. The zero-order chi connectivity index (χ0) is 20.2. The lowest BCUT2D eigenvalue weighted by Gasteiger charge is -2.31. The molecular formula is C22H31N3O4. The molecule has 3 fully saturated rings. The van der Waals surface area contributed by atoms with Crippen molar-refractivity contribution in [3.63, 3.8) is 0 Å². The second-order valence-corrected chi connectivity index (χ2v) is 8.47. The Morgan fingerprint density at radius 1 is 1.07 bits per heavy atom. The lowest BCUT2D eigenvalue weighted by molar-refractivity contribution is -0.133. The van der Waals surface area contributed by atoms with Gasteiger partial charge in [-0.1, -0.05) is 30.3 Å². The van der Waals surface area contributed by atoms with Gasteiger partial charge in [-0.2, -0.15) is 0 Å². The molecule has 0 aliphatic carbocycles. The fourth-order valence-electron chi connectivity index (χ4n) is 5.06. The molecule has 0 unspecified atom stereocenters. The van der Waals surface area contributed by atoms with E-state index in [1.165, 1.54) is 12.5 Å². The fourth-order valence-corrected chi connectivity index (χ4v) is 5.06. The van der Waals surface area contributed by atoms with Crippen LogP contribution in [0.5, 0.6) is 0 Å². The molecule has 158 valence electrons. The molecule has 3 aliphatic rings. The van der Waals surface area contributed by atoms with Crippen molar-refractivity contribution >= 4 is 11.8 Å². The van der Waals surface area contributed by atoms with Gasteiger partial charge in [-0.15, -0.1) is 0 Å². The Balaban J connectivity index is 1.45. The van der Waals surface area contributed by atoms with Gasteiger partial charge in [0.2, 0.25) is 11.8 Å². The lowest BCUT2D eigenvalue weighted by atomic mass is 9.89. The van der Waals surface area contributed by atoms with Gasteiger partial charge in [0.1, 0.15) is 0 Å². The van der Waals surface area contributed by atoms with E-state index in [9.17, 15) is 9.59 Å². The largest absolute Gasteiger partial charge is 0.379 e. The molecule has 3 atom stereocenters. The number of nitrogens with one attached hydrogen (secondary N) is 1. The summed E-state index contributed by atoms with van der Waals surface area (Å²) in [4.78, 5) is 28.6. The highest BCUT2D eigenvalue weighted by molar-refractivity contribution is 5.84. The molecule has 0 radical (unpaired) electrons. The number of ether oxygens (including phenoxy) is 2. The molecule has 7 heteroatoms. The first-order chi connectivity index (χ1) is 14.1. The summed E-state index contributed by atoms with van der Waals surface area (Å²) < 4.78 is 11.3. The molecule has 0 spiro atoms. The van der Waals surface area contributed by atoms with Crippen LogP contribution in [0.3, 0.4) is 0 Å². The number of hydrogen-bond donors (Lipinski definition) is 1. The molecule has 7 nitrogen and oxygen atoms in total. The summed E-state index contributed by atoms with van der Waals surface area (Å²) in [5.74, 6) is 1.10. The van der Waals surface area contributed by atoms with Gasteiger partial charge in [-0.25, -0.2) is 0 Å². The van der Waals surface area contributed by atoms with E-state index in [-0.39, 0.29) is 24.4 Å². The molecule has 29 heavy (non-hydrogen) atoms. The van der Waals surface area contributed by atoms with Gasteiger partial charge in [0.15, 0.2) is 0 Å². The number of benzene rings is 1. The molecule has 0 aromatic heterocycles. The maximum Gasteiger partial charge on any atom is 0.242 e. The van der Waals surface area contributed by atoms with Crippen LogP contribution >= 0.6 is 0 Å². The summed E-state index contributed by atoms with van der Waals surface area (Å²) in [7, 11) is 0. The molecule has 1 aromatic rings. The van der Waals surface area contributed by atoms with Crippen LogP contribution in [0.4, 0.5) is 0 Å². The summed E-state index contributed by atoms with van der Waals surface area (Å²) in [5, 5.41) is 2.66. The minimum atomic E-state index is -0.173. The van der Waals surface area contributed by atoms with Gasteiger partial charge in [0, 0.05) is 44.9 Å². The van der Waals surface area contributed by atoms with Crippen LogP contribution < -0.4 is 5.32 Å². The van der Waals surface area contributed by atoms with Crippen LogP contribution in [-0.4, -0.2) is 80.8 Å². The molecule has 3 saturated heterocycles. The van der Waals surface area contributed by atoms with E-state index in [1.54, 1.807) is 0 Å². The maximum absolute atomic E-state index is 12.9. The Bertz CT molecular complexity index is 705. The van der Waals surface area contributed by atoms with E-state index in [0.29, 0.717) is 31.0 Å². The average Bonchev–Trinajstić information content (AvgIpc) is 3.14. The topological polar surface area (TPSA) is 71.1 Å². The Morgan fingerprint density at radius 3 is 2.48 bits per heavy atom. The van der Waals surface area contributed by atoms with Crippen LogP contribution in [0.25, 0.3) is 0 Å². The van der Waals surface area contributed by atoms with E-state index in [4.69, 9.17) is 9.47 Å². The van der Waals surface area contributed by atoms with Crippen molar-refractivity contribution in [3.05, 3.63) is 35.9 Å². The smallest absolute Gasteiger partial charge is 0.242 e. The van der Waals surface area contributed by atoms with Crippen molar-refractivity contribution in [2.45, 2.75) is 13.0 Å². The van der Waals surface area contributed by atoms with E-state index < -0.39 is 0 Å². The normalized spacial score (nSPS) is 28.2. The first-order valence-corrected chi connectivity index (χ1v) is 10.6. The molecule has 0 saturated carbocycles. The number of hydrogen-bond acceptors (Lipinski definition) is 5. The first kappa shape index (κ1) is 20.3. The number of likely N-dealkylation sites (tertiary alicyclic amines) is 2. The average molecular weight is 402 g/mol. The van der Waals surface area contributed by atoms with Crippen molar-refractivity contribution in [1.29, 1.82) is 0 Å². The van der Waals surface area contributed by atoms with E-state index in [2.05, 4.69) is 22.3 Å². The predicted molar refractivity (Wildman–Crippen MR) is 108 cm³/mol. The Hall–Kier alpha value is -1.96.